The van der Waals surface area contributed by atoms with Gasteiger partial charge in [0, 0.05) is 19.7 Å². The second-order valence-corrected chi connectivity index (χ2v) is 5.45. The van der Waals surface area contributed by atoms with Crippen LogP contribution in [0.25, 0.3) is 0 Å². The zero-order valence-electron chi connectivity index (χ0n) is 13.4. The van der Waals surface area contributed by atoms with Crippen molar-refractivity contribution in [3.63, 3.8) is 0 Å². The highest BCUT2D eigenvalue weighted by Crippen LogP contribution is 2.21. The Bertz CT molecular complexity index is 452. The minimum Gasteiger partial charge on any atom is -0.497 e. The van der Waals surface area contributed by atoms with Crippen molar-refractivity contribution in [1.82, 2.24) is 4.90 Å². The molecule has 22 heavy (non-hydrogen) atoms. The molecule has 1 aliphatic rings. The van der Waals surface area contributed by atoms with Gasteiger partial charge in [-0.25, -0.2) is 0 Å². The van der Waals surface area contributed by atoms with Crippen LogP contribution >= 0.6 is 0 Å². The number of likely N-dealkylation sites (tertiary alicyclic amines) is 1. The molecular formula is C17H25NO4. The summed E-state index contributed by atoms with van der Waals surface area (Å²) in [6.45, 7) is 4.96. The quantitative estimate of drug-likeness (QED) is 0.776. The summed E-state index contributed by atoms with van der Waals surface area (Å²) in [4.78, 5) is 13.7. The summed E-state index contributed by atoms with van der Waals surface area (Å²) in [5.74, 6) is 2.28. The Hall–Kier alpha value is -1.75. The highest BCUT2D eigenvalue weighted by molar-refractivity contribution is 5.77. The van der Waals surface area contributed by atoms with E-state index in [1.807, 2.05) is 36.1 Å². The monoisotopic (exact) mass is 307 g/mol. The van der Waals surface area contributed by atoms with E-state index in [9.17, 15) is 4.79 Å². The molecule has 1 saturated heterocycles. The molecule has 1 fully saturated rings. The number of amides is 1. The van der Waals surface area contributed by atoms with E-state index in [2.05, 4.69) is 0 Å². The van der Waals surface area contributed by atoms with Crippen molar-refractivity contribution < 1.29 is 19.0 Å². The van der Waals surface area contributed by atoms with Crippen molar-refractivity contribution in [2.75, 3.05) is 40.0 Å². The maximum absolute atomic E-state index is 11.9. The SMILES string of the molecule is CCOCC(=O)N1CCC(COc2ccc(OC)cc2)CC1. The zero-order chi connectivity index (χ0) is 15.8. The van der Waals surface area contributed by atoms with E-state index in [4.69, 9.17) is 14.2 Å². The summed E-state index contributed by atoms with van der Waals surface area (Å²) < 4.78 is 16.1. The molecule has 0 bridgehead atoms. The minimum absolute atomic E-state index is 0.0939. The fourth-order valence-electron chi connectivity index (χ4n) is 2.52. The van der Waals surface area contributed by atoms with Crippen LogP contribution in [0.3, 0.4) is 0 Å². The zero-order valence-corrected chi connectivity index (χ0v) is 13.4. The van der Waals surface area contributed by atoms with Crippen LogP contribution in [0, 0.1) is 5.92 Å². The van der Waals surface area contributed by atoms with Gasteiger partial charge in [-0.3, -0.25) is 4.79 Å². The summed E-state index contributed by atoms with van der Waals surface area (Å²) in [5.41, 5.74) is 0. The third-order valence-corrected chi connectivity index (χ3v) is 3.94. The van der Waals surface area contributed by atoms with Crippen molar-refractivity contribution in [3.8, 4) is 11.5 Å². The van der Waals surface area contributed by atoms with Crippen LogP contribution in [0.2, 0.25) is 0 Å². The minimum atomic E-state index is 0.0939. The smallest absolute Gasteiger partial charge is 0.248 e. The molecule has 1 aliphatic heterocycles. The first-order chi connectivity index (χ1) is 10.7. The van der Waals surface area contributed by atoms with Gasteiger partial charge in [0.05, 0.1) is 13.7 Å². The largest absolute Gasteiger partial charge is 0.497 e. The van der Waals surface area contributed by atoms with Gasteiger partial charge in [0.15, 0.2) is 0 Å². The van der Waals surface area contributed by atoms with E-state index >= 15 is 0 Å². The molecule has 5 nitrogen and oxygen atoms in total. The van der Waals surface area contributed by atoms with Gasteiger partial charge in [-0.15, -0.1) is 0 Å². The first-order valence-electron chi connectivity index (χ1n) is 7.85. The van der Waals surface area contributed by atoms with Crippen molar-refractivity contribution in [2.24, 2.45) is 5.92 Å². The highest BCUT2D eigenvalue weighted by atomic mass is 16.5. The number of rotatable bonds is 7. The number of benzene rings is 1. The molecular weight excluding hydrogens is 282 g/mol. The molecule has 0 atom stereocenters. The van der Waals surface area contributed by atoms with Crippen LogP contribution in [0.4, 0.5) is 0 Å². The average molecular weight is 307 g/mol. The molecule has 1 aromatic rings. The molecule has 0 radical (unpaired) electrons. The summed E-state index contributed by atoms with van der Waals surface area (Å²) in [5, 5.41) is 0. The number of ether oxygens (including phenoxy) is 3. The molecule has 0 aliphatic carbocycles. The molecule has 0 aromatic heterocycles. The molecule has 2 rings (SSSR count). The Balaban J connectivity index is 1.69. The second-order valence-electron chi connectivity index (χ2n) is 5.45. The Morgan fingerprint density at radius 2 is 1.82 bits per heavy atom. The Kier molecular flexibility index (Phi) is 6.52. The van der Waals surface area contributed by atoms with E-state index in [0.717, 1.165) is 37.4 Å². The number of hydrogen-bond donors (Lipinski definition) is 0. The van der Waals surface area contributed by atoms with Crippen molar-refractivity contribution in [2.45, 2.75) is 19.8 Å². The highest BCUT2D eigenvalue weighted by Gasteiger charge is 2.23. The molecule has 5 heteroatoms. The predicted octanol–water partition coefficient (Wildman–Crippen LogP) is 2.35. The molecule has 0 N–H and O–H groups in total. The molecule has 122 valence electrons. The van der Waals surface area contributed by atoms with Crippen molar-refractivity contribution >= 4 is 5.91 Å². The normalized spacial score (nSPS) is 15.6. The number of carbonyl (C=O) groups is 1. The molecule has 1 heterocycles. The summed E-state index contributed by atoms with van der Waals surface area (Å²) >= 11 is 0. The number of hydrogen-bond acceptors (Lipinski definition) is 4. The maximum atomic E-state index is 11.9. The number of piperidine rings is 1. The van der Waals surface area contributed by atoms with Gasteiger partial charge in [-0.1, -0.05) is 0 Å². The van der Waals surface area contributed by atoms with Gasteiger partial charge in [-0.05, 0) is 49.9 Å². The van der Waals surface area contributed by atoms with Gasteiger partial charge < -0.3 is 19.1 Å². The van der Waals surface area contributed by atoms with E-state index in [1.54, 1.807) is 7.11 Å². The van der Waals surface area contributed by atoms with Crippen molar-refractivity contribution in [1.29, 1.82) is 0 Å². The van der Waals surface area contributed by atoms with Gasteiger partial charge >= 0.3 is 0 Å². The average Bonchev–Trinajstić information content (AvgIpc) is 2.58. The van der Waals surface area contributed by atoms with Gasteiger partial charge in [0.25, 0.3) is 0 Å². The maximum Gasteiger partial charge on any atom is 0.248 e. The fraction of sp³-hybridized carbons (Fsp3) is 0.588. The van der Waals surface area contributed by atoms with Gasteiger partial charge in [-0.2, -0.15) is 0 Å². The number of carbonyl (C=O) groups excluding carboxylic acids is 1. The van der Waals surface area contributed by atoms with Crippen LogP contribution in [0.15, 0.2) is 24.3 Å². The molecule has 1 amide bonds. The third kappa shape index (κ3) is 4.91. The third-order valence-electron chi connectivity index (χ3n) is 3.94. The fourth-order valence-corrected chi connectivity index (χ4v) is 2.52. The van der Waals surface area contributed by atoms with E-state index in [0.29, 0.717) is 19.1 Å². The number of nitrogens with zero attached hydrogens (tertiary/aromatic N) is 1. The summed E-state index contributed by atoms with van der Waals surface area (Å²) in [7, 11) is 1.65. The summed E-state index contributed by atoms with van der Waals surface area (Å²) in [6.07, 6.45) is 1.96. The standard InChI is InChI=1S/C17H25NO4/c1-3-21-13-17(19)18-10-8-14(9-11-18)12-22-16-6-4-15(20-2)5-7-16/h4-7,14H,3,8-13H2,1-2H3. The first-order valence-corrected chi connectivity index (χ1v) is 7.85. The second kappa shape index (κ2) is 8.63. The lowest BCUT2D eigenvalue weighted by molar-refractivity contribution is -0.137. The van der Waals surface area contributed by atoms with E-state index < -0.39 is 0 Å². The van der Waals surface area contributed by atoms with Crippen LogP contribution in [0.1, 0.15) is 19.8 Å². The molecule has 0 saturated carbocycles. The lowest BCUT2D eigenvalue weighted by Crippen LogP contribution is -2.41. The Labute approximate surface area is 132 Å². The van der Waals surface area contributed by atoms with E-state index in [1.165, 1.54) is 0 Å². The Morgan fingerprint density at radius 1 is 1.18 bits per heavy atom. The lowest BCUT2D eigenvalue weighted by atomic mass is 9.98. The van der Waals surface area contributed by atoms with Crippen LogP contribution < -0.4 is 9.47 Å². The van der Waals surface area contributed by atoms with Gasteiger partial charge in [0.1, 0.15) is 18.1 Å². The van der Waals surface area contributed by atoms with Crippen LogP contribution in [-0.2, 0) is 9.53 Å². The predicted molar refractivity (Wildman–Crippen MR) is 84.3 cm³/mol. The summed E-state index contributed by atoms with van der Waals surface area (Å²) in [6, 6.07) is 7.62. The molecule has 0 unspecified atom stereocenters. The van der Waals surface area contributed by atoms with Gasteiger partial charge in [0.2, 0.25) is 5.91 Å². The Morgan fingerprint density at radius 3 is 2.41 bits per heavy atom. The van der Waals surface area contributed by atoms with E-state index in [-0.39, 0.29) is 12.5 Å². The van der Waals surface area contributed by atoms with Crippen molar-refractivity contribution in [3.05, 3.63) is 24.3 Å². The molecule has 0 spiro atoms. The molecule has 1 aromatic carbocycles. The first kappa shape index (κ1) is 16.6. The topological polar surface area (TPSA) is 48.0 Å². The van der Waals surface area contributed by atoms with Crippen LogP contribution in [0.5, 0.6) is 11.5 Å². The lowest BCUT2D eigenvalue weighted by Gasteiger charge is -2.31. The number of methoxy groups -OCH3 is 1. The van der Waals surface area contributed by atoms with Crippen LogP contribution in [-0.4, -0.2) is 50.8 Å².